The smallest absolute Gasteiger partial charge is 0.141 e. The van der Waals surface area contributed by atoms with Gasteiger partial charge in [0.1, 0.15) is 17.1 Å². The van der Waals surface area contributed by atoms with Gasteiger partial charge in [-0.1, -0.05) is 89.2 Å². The fourth-order valence-electron chi connectivity index (χ4n) is 6.70. The van der Waals surface area contributed by atoms with Gasteiger partial charge in [0, 0.05) is 48.4 Å². The average molecular weight is 605 g/mol. The number of aromatic hydroxyl groups is 1. The molecule has 5 nitrogen and oxygen atoms in total. The number of nitrogens with zero attached hydrogens (tertiary/aromatic N) is 4. The van der Waals surface area contributed by atoms with Crippen LogP contribution in [0.2, 0.25) is 0 Å². The van der Waals surface area contributed by atoms with Crippen molar-refractivity contribution in [3.8, 4) is 28.1 Å². The predicted molar refractivity (Wildman–Crippen MR) is 192 cm³/mol. The third kappa shape index (κ3) is 4.87. The highest BCUT2D eigenvalue weighted by molar-refractivity contribution is 5.99. The lowest BCUT2D eigenvalue weighted by molar-refractivity contribution is 0.480. The van der Waals surface area contributed by atoms with Gasteiger partial charge >= 0.3 is 0 Å². The molecule has 6 aromatic rings. The summed E-state index contributed by atoms with van der Waals surface area (Å²) in [5.41, 5.74) is 11.4. The Hall–Kier alpha value is -5.16. The van der Waals surface area contributed by atoms with Gasteiger partial charge in [-0.05, 0) is 75.7 Å². The number of phenols is 1. The molecule has 1 aliphatic heterocycles. The van der Waals surface area contributed by atoms with Crippen LogP contribution in [0.5, 0.6) is 5.75 Å². The molecule has 0 saturated heterocycles. The maximum absolute atomic E-state index is 11.0. The van der Waals surface area contributed by atoms with Crippen LogP contribution in [0.3, 0.4) is 0 Å². The third-order valence-electron chi connectivity index (χ3n) is 9.40. The molecule has 0 radical (unpaired) electrons. The topological polar surface area (TPSA) is 52.5 Å². The van der Waals surface area contributed by atoms with Gasteiger partial charge in [-0.15, -0.1) is 0 Å². The number of para-hydroxylation sites is 1. The van der Waals surface area contributed by atoms with Crippen molar-refractivity contribution in [3.63, 3.8) is 0 Å². The molecule has 4 aromatic carbocycles. The second kappa shape index (κ2) is 10.7. The molecular weight excluding hydrogens is 564 g/mol. The minimum absolute atomic E-state index is 0.0823. The van der Waals surface area contributed by atoms with Crippen LogP contribution < -0.4 is 9.80 Å². The average Bonchev–Trinajstić information content (AvgIpc) is 3.04. The summed E-state index contributed by atoms with van der Waals surface area (Å²) < 4.78 is 0. The van der Waals surface area contributed by atoms with Crippen molar-refractivity contribution in [3.05, 3.63) is 126 Å². The number of aromatic nitrogens is 2. The van der Waals surface area contributed by atoms with E-state index in [2.05, 4.69) is 129 Å². The zero-order valence-corrected chi connectivity index (χ0v) is 27.6. The Morgan fingerprint density at radius 3 is 2.20 bits per heavy atom. The second-order valence-corrected chi connectivity index (χ2v) is 14.0. The molecule has 0 fully saturated rings. The molecule has 1 N–H and O–H groups in total. The van der Waals surface area contributed by atoms with Crippen LogP contribution in [0.1, 0.15) is 51.3 Å². The lowest BCUT2D eigenvalue weighted by atomic mass is 9.73. The number of fused-ring (bicyclic) bond motifs is 3. The minimum Gasteiger partial charge on any atom is -0.506 e. The van der Waals surface area contributed by atoms with E-state index in [-0.39, 0.29) is 16.6 Å². The summed E-state index contributed by atoms with van der Waals surface area (Å²) in [6.07, 6.45) is 1.87. The van der Waals surface area contributed by atoms with Crippen molar-refractivity contribution in [1.29, 1.82) is 0 Å². The molecule has 0 spiro atoms. The first-order valence-electron chi connectivity index (χ1n) is 15.8. The first-order valence-corrected chi connectivity index (χ1v) is 15.8. The van der Waals surface area contributed by atoms with Crippen LogP contribution in [0.4, 0.5) is 22.9 Å². The fraction of sp³-hybridized carbons (Fsp3) is 0.220. The maximum Gasteiger partial charge on any atom is 0.141 e. The summed E-state index contributed by atoms with van der Waals surface area (Å²) in [6.45, 7) is 11.2. The maximum atomic E-state index is 11.0. The van der Waals surface area contributed by atoms with E-state index in [0.29, 0.717) is 5.52 Å². The monoisotopic (exact) mass is 604 g/mol. The summed E-state index contributed by atoms with van der Waals surface area (Å²) in [6, 6.07) is 36.0. The van der Waals surface area contributed by atoms with E-state index in [1.54, 1.807) is 6.07 Å². The van der Waals surface area contributed by atoms with Crippen LogP contribution in [0, 0.1) is 0 Å². The molecule has 2 aromatic heterocycles. The van der Waals surface area contributed by atoms with Crippen molar-refractivity contribution in [1.82, 2.24) is 9.97 Å². The molecule has 0 unspecified atom stereocenters. The Labute approximate surface area is 271 Å². The first-order chi connectivity index (χ1) is 21.9. The van der Waals surface area contributed by atoms with Crippen molar-refractivity contribution in [2.24, 2.45) is 0 Å². The van der Waals surface area contributed by atoms with E-state index >= 15 is 0 Å². The number of pyridine rings is 2. The Morgan fingerprint density at radius 2 is 1.46 bits per heavy atom. The highest BCUT2D eigenvalue weighted by Crippen LogP contribution is 2.52. The van der Waals surface area contributed by atoms with Crippen molar-refractivity contribution in [2.75, 3.05) is 23.9 Å². The van der Waals surface area contributed by atoms with Gasteiger partial charge in [0.05, 0.1) is 17.1 Å². The first kappa shape index (κ1) is 29.5. The molecule has 0 atom stereocenters. The van der Waals surface area contributed by atoms with Crippen LogP contribution in [-0.4, -0.2) is 29.2 Å². The molecule has 230 valence electrons. The molecule has 46 heavy (non-hydrogen) atoms. The van der Waals surface area contributed by atoms with Crippen LogP contribution >= 0.6 is 0 Å². The Balaban J connectivity index is 1.37. The van der Waals surface area contributed by atoms with Gasteiger partial charge in [0.2, 0.25) is 0 Å². The number of benzene rings is 4. The lowest BCUT2D eigenvalue weighted by Gasteiger charge is -2.41. The molecule has 0 aliphatic carbocycles. The molecule has 0 amide bonds. The Bertz CT molecular complexity index is 2110. The zero-order valence-electron chi connectivity index (χ0n) is 27.6. The lowest BCUT2D eigenvalue weighted by Crippen LogP contribution is -2.31. The Kier molecular flexibility index (Phi) is 6.89. The molecule has 7 rings (SSSR count). The molecule has 1 aliphatic rings. The van der Waals surface area contributed by atoms with Crippen LogP contribution in [-0.2, 0) is 10.8 Å². The summed E-state index contributed by atoms with van der Waals surface area (Å²) in [5, 5.41) is 11.9. The zero-order chi connectivity index (χ0) is 32.4. The number of hydrogen-bond acceptors (Lipinski definition) is 5. The highest BCUT2D eigenvalue weighted by atomic mass is 16.3. The number of hydrogen-bond donors (Lipinski definition) is 1. The quantitative estimate of drug-likeness (QED) is 0.217. The van der Waals surface area contributed by atoms with Gasteiger partial charge in [-0.2, -0.15) is 0 Å². The van der Waals surface area contributed by atoms with Gasteiger partial charge < -0.3 is 10.0 Å². The van der Waals surface area contributed by atoms with E-state index in [1.165, 1.54) is 16.7 Å². The van der Waals surface area contributed by atoms with Gasteiger partial charge in [0.25, 0.3) is 0 Å². The van der Waals surface area contributed by atoms with E-state index in [9.17, 15) is 5.11 Å². The molecule has 0 saturated carbocycles. The normalized spacial score (nSPS) is 13.8. The van der Waals surface area contributed by atoms with Gasteiger partial charge in [-0.3, -0.25) is 4.90 Å². The molecule has 5 heteroatoms. The third-order valence-corrected chi connectivity index (χ3v) is 9.40. The molecular formula is C41H40N4O. The van der Waals surface area contributed by atoms with Crippen LogP contribution in [0.15, 0.2) is 109 Å². The SMILES string of the molecule is CN(C)c1ccnc(N2c3ccccc3C(C)(C)c3ccc(-c4ccc5c(-c6ccc(C(C)(C)C)cc6)ccc(O)c5n4)cc32)c1. The number of phenolic OH excluding ortho intramolecular Hbond substituents is 1. The van der Waals surface area contributed by atoms with Gasteiger partial charge in [0.15, 0.2) is 0 Å². The standard InChI is InChI=1S/C41H40N4O/c1-40(2,3)28-15-12-26(13-16-28)30-18-21-37(46)39-31(30)17-20-34(43-39)27-14-19-33-36(24-27)45(38-25-29(44(6)7)22-23-42-38)35-11-9-8-10-32(35)41(33,4)5/h8-25,46H,1-7H3. The Morgan fingerprint density at radius 1 is 0.739 bits per heavy atom. The van der Waals surface area contributed by atoms with Crippen molar-refractivity contribution >= 4 is 33.8 Å². The summed E-state index contributed by atoms with van der Waals surface area (Å²) in [7, 11) is 4.09. The fourth-order valence-corrected chi connectivity index (χ4v) is 6.70. The van der Waals surface area contributed by atoms with Crippen molar-refractivity contribution in [2.45, 2.75) is 45.4 Å². The van der Waals surface area contributed by atoms with Gasteiger partial charge in [-0.25, -0.2) is 9.97 Å². The number of rotatable bonds is 4. The number of anilines is 4. The summed E-state index contributed by atoms with van der Waals surface area (Å²) in [4.78, 5) is 14.3. The summed E-state index contributed by atoms with van der Waals surface area (Å²) >= 11 is 0. The summed E-state index contributed by atoms with van der Waals surface area (Å²) in [5.74, 6) is 1.03. The van der Waals surface area contributed by atoms with E-state index in [0.717, 1.165) is 50.7 Å². The van der Waals surface area contributed by atoms with E-state index in [4.69, 9.17) is 9.97 Å². The molecule has 3 heterocycles. The van der Waals surface area contributed by atoms with E-state index < -0.39 is 0 Å². The van der Waals surface area contributed by atoms with E-state index in [1.807, 2.05) is 32.4 Å². The predicted octanol–water partition coefficient (Wildman–Crippen LogP) is 10.1. The van der Waals surface area contributed by atoms with Crippen LogP contribution in [0.25, 0.3) is 33.3 Å². The highest BCUT2D eigenvalue weighted by Gasteiger charge is 2.37. The minimum atomic E-state index is -0.216. The second-order valence-electron chi connectivity index (χ2n) is 14.0. The molecule has 0 bridgehead atoms. The van der Waals surface area contributed by atoms with Crippen molar-refractivity contribution < 1.29 is 5.11 Å². The largest absolute Gasteiger partial charge is 0.506 e.